The van der Waals surface area contributed by atoms with Crippen molar-refractivity contribution in [2.75, 3.05) is 20.2 Å². The van der Waals surface area contributed by atoms with Gasteiger partial charge in [-0.1, -0.05) is 6.07 Å². The highest BCUT2D eigenvalue weighted by Gasteiger charge is 2.25. The summed E-state index contributed by atoms with van der Waals surface area (Å²) < 4.78 is 30.8. The van der Waals surface area contributed by atoms with E-state index in [1.54, 1.807) is 19.1 Å². The fourth-order valence-corrected chi connectivity index (χ4v) is 3.72. The average Bonchev–Trinajstić information content (AvgIpc) is 2.28. The summed E-state index contributed by atoms with van der Waals surface area (Å²) in [7, 11) is -2.37. The number of sulfonamides is 1. The zero-order valence-corrected chi connectivity index (χ0v) is 13.4. The minimum atomic E-state index is -3.71. The predicted octanol–water partition coefficient (Wildman–Crippen LogP) is 1.94. The van der Waals surface area contributed by atoms with Crippen LogP contribution in [0.4, 0.5) is 0 Å². The van der Waals surface area contributed by atoms with E-state index in [1.165, 1.54) is 13.1 Å². The fraction of sp³-hybridized carbons (Fsp3) is 0.417. The van der Waals surface area contributed by atoms with Gasteiger partial charge in [-0.15, -0.1) is 0 Å². The third kappa shape index (κ3) is 4.02. The summed E-state index contributed by atoms with van der Waals surface area (Å²) in [6.07, 6.45) is 0. The molecule has 19 heavy (non-hydrogen) atoms. The van der Waals surface area contributed by atoms with Gasteiger partial charge in [-0.3, -0.25) is 4.79 Å². The molecule has 0 spiro atoms. The van der Waals surface area contributed by atoms with Crippen LogP contribution in [0.5, 0.6) is 0 Å². The highest BCUT2D eigenvalue weighted by Crippen LogP contribution is 2.25. The minimum Gasteiger partial charge on any atom is -0.465 e. The molecule has 1 rings (SSSR count). The van der Waals surface area contributed by atoms with Crippen molar-refractivity contribution < 1.29 is 17.9 Å². The van der Waals surface area contributed by atoms with Crippen LogP contribution in [0.25, 0.3) is 0 Å². The second-order valence-electron chi connectivity index (χ2n) is 4.00. The van der Waals surface area contributed by atoms with Crippen LogP contribution >= 0.6 is 15.9 Å². The van der Waals surface area contributed by atoms with Gasteiger partial charge in [-0.05, 0) is 47.5 Å². The molecule has 0 heterocycles. The van der Waals surface area contributed by atoms with E-state index in [-0.39, 0.29) is 18.0 Å². The van der Waals surface area contributed by atoms with Crippen molar-refractivity contribution in [2.24, 2.45) is 0 Å². The number of ether oxygens (including phenoxy) is 1. The molecule has 0 N–H and O–H groups in total. The molecule has 0 bridgehead atoms. The smallest absolute Gasteiger partial charge is 0.321 e. The van der Waals surface area contributed by atoms with Gasteiger partial charge in [0.05, 0.1) is 11.5 Å². The molecule has 7 heteroatoms. The van der Waals surface area contributed by atoms with Crippen LogP contribution in [0.1, 0.15) is 12.5 Å². The van der Waals surface area contributed by atoms with Crippen molar-refractivity contribution in [3.8, 4) is 0 Å². The van der Waals surface area contributed by atoms with E-state index >= 15 is 0 Å². The van der Waals surface area contributed by atoms with Gasteiger partial charge in [0.15, 0.2) is 0 Å². The molecule has 106 valence electrons. The van der Waals surface area contributed by atoms with Crippen molar-refractivity contribution >= 4 is 31.9 Å². The third-order valence-corrected chi connectivity index (χ3v) is 5.21. The zero-order valence-electron chi connectivity index (χ0n) is 11.0. The maximum absolute atomic E-state index is 12.3. The van der Waals surface area contributed by atoms with Gasteiger partial charge in [0, 0.05) is 11.5 Å². The van der Waals surface area contributed by atoms with Gasteiger partial charge in [0.1, 0.15) is 6.54 Å². The lowest BCUT2D eigenvalue weighted by Gasteiger charge is -2.17. The van der Waals surface area contributed by atoms with E-state index in [9.17, 15) is 13.2 Å². The summed E-state index contributed by atoms with van der Waals surface area (Å²) in [5, 5.41) is 0. The molecule has 0 amide bonds. The first-order chi connectivity index (χ1) is 8.78. The highest BCUT2D eigenvalue weighted by atomic mass is 79.9. The normalized spacial score (nSPS) is 11.6. The molecular formula is C12H16BrNO4S. The Morgan fingerprint density at radius 2 is 2.05 bits per heavy atom. The van der Waals surface area contributed by atoms with E-state index in [4.69, 9.17) is 4.74 Å². The van der Waals surface area contributed by atoms with Gasteiger partial charge in [0.25, 0.3) is 0 Å². The molecule has 5 nitrogen and oxygen atoms in total. The second kappa shape index (κ2) is 6.49. The molecule has 0 radical (unpaired) electrons. The van der Waals surface area contributed by atoms with Gasteiger partial charge in [-0.25, -0.2) is 8.42 Å². The van der Waals surface area contributed by atoms with Gasteiger partial charge in [0.2, 0.25) is 10.0 Å². The van der Waals surface area contributed by atoms with E-state index < -0.39 is 16.0 Å². The summed E-state index contributed by atoms with van der Waals surface area (Å²) in [4.78, 5) is 11.5. The van der Waals surface area contributed by atoms with Gasteiger partial charge >= 0.3 is 5.97 Å². The third-order valence-electron chi connectivity index (χ3n) is 2.43. The Hall–Kier alpha value is -0.920. The fourth-order valence-electron chi connectivity index (χ4n) is 1.46. The highest BCUT2D eigenvalue weighted by molar-refractivity contribution is 9.10. The van der Waals surface area contributed by atoms with Crippen LogP contribution in [0.2, 0.25) is 0 Å². The lowest BCUT2D eigenvalue weighted by atomic mass is 10.2. The molecule has 0 saturated carbocycles. The van der Waals surface area contributed by atoms with Crippen LogP contribution in [-0.4, -0.2) is 38.9 Å². The molecule has 0 unspecified atom stereocenters. The van der Waals surface area contributed by atoms with Crippen molar-refractivity contribution in [3.05, 3.63) is 28.2 Å². The summed E-state index contributed by atoms with van der Waals surface area (Å²) in [5.41, 5.74) is 0.943. The summed E-state index contributed by atoms with van der Waals surface area (Å²) in [5.74, 6) is -0.572. The maximum atomic E-state index is 12.3. The number of benzene rings is 1. The molecular weight excluding hydrogens is 334 g/mol. The molecule has 0 atom stereocenters. The van der Waals surface area contributed by atoms with Crippen LogP contribution in [-0.2, 0) is 19.6 Å². The number of halogens is 1. The largest absolute Gasteiger partial charge is 0.465 e. The van der Waals surface area contributed by atoms with E-state index in [0.29, 0.717) is 4.47 Å². The minimum absolute atomic E-state index is 0.130. The van der Waals surface area contributed by atoms with Gasteiger partial charge < -0.3 is 4.74 Å². The second-order valence-corrected chi connectivity index (χ2v) is 6.87. The van der Waals surface area contributed by atoms with Crippen molar-refractivity contribution in [1.82, 2.24) is 4.31 Å². The number of nitrogens with zero attached hydrogens (tertiary/aromatic N) is 1. The first-order valence-corrected chi connectivity index (χ1v) is 7.90. The quantitative estimate of drug-likeness (QED) is 0.762. The maximum Gasteiger partial charge on any atom is 0.321 e. The molecule has 1 aromatic carbocycles. The monoisotopic (exact) mass is 349 g/mol. The first kappa shape index (κ1) is 16.1. The molecule has 0 aliphatic heterocycles. The van der Waals surface area contributed by atoms with Crippen LogP contribution in [0.3, 0.4) is 0 Å². The Morgan fingerprint density at radius 1 is 1.42 bits per heavy atom. The number of carbonyl (C=O) groups excluding carboxylic acids is 1. The Kier molecular flexibility index (Phi) is 5.51. The number of esters is 1. The summed E-state index contributed by atoms with van der Waals surface area (Å²) >= 11 is 3.23. The SMILES string of the molecule is CCOC(=O)CN(C)S(=O)(=O)c1ccc(C)cc1Br. The van der Waals surface area contributed by atoms with Crippen LogP contribution in [0.15, 0.2) is 27.6 Å². The Balaban J connectivity index is 3.00. The zero-order chi connectivity index (χ0) is 14.6. The van der Waals surface area contributed by atoms with E-state index in [0.717, 1.165) is 9.87 Å². The lowest BCUT2D eigenvalue weighted by Crippen LogP contribution is -2.33. The molecule has 0 fully saturated rings. The number of hydrogen-bond acceptors (Lipinski definition) is 4. The van der Waals surface area contributed by atoms with E-state index in [1.807, 2.05) is 6.92 Å². The van der Waals surface area contributed by atoms with Crippen LogP contribution in [0, 0.1) is 6.92 Å². The average molecular weight is 350 g/mol. The number of hydrogen-bond donors (Lipinski definition) is 0. The number of likely N-dealkylation sites (N-methyl/N-ethyl adjacent to an activating group) is 1. The number of carbonyl (C=O) groups is 1. The van der Waals surface area contributed by atoms with Gasteiger partial charge in [-0.2, -0.15) is 4.31 Å². The molecule has 0 aliphatic rings. The molecule has 1 aromatic rings. The molecule has 0 saturated heterocycles. The Labute approximate surface area is 121 Å². The van der Waals surface area contributed by atoms with Crippen LogP contribution < -0.4 is 0 Å². The van der Waals surface area contributed by atoms with E-state index in [2.05, 4.69) is 15.9 Å². The molecule has 0 aromatic heterocycles. The predicted molar refractivity (Wildman–Crippen MR) is 75.3 cm³/mol. The standard InChI is InChI=1S/C12H16BrNO4S/c1-4-18-12(15)8-14(3)19(16,17)11-6-5-9(2)7-10(11)13/h5-7H,4,8H2,1-3H3. The number of aryl methyl sites for hydroxylation is 1. The van der Waals surface area contributed by atoms with Crippen molar-refractivity contribution in [2.45, 2.75) is 18.7 Å². The lowest BCUT2D eigenvalue weighted by molar-refractivity contribution is -0.143. The summed E-state index contributed by atoms with van der Waals surface area (Å²) in [6, 6.07) is 4.93. The Morgan fingerprint density at radius 3 is 2.58 bits per heavy atom. The molecule has 0 aliphatic carbocycles. The number of rotatable bonds is 5. The van der Waals surface area contributed by atoms with Crippen molar-refractivity contribution in [1.29, 1.82) is 0 Å². The topological polar surface area (TPSA) is 63.7 Å². The first-order valence-electron chi connectivity index (χ1n) is 5.67. The Bertz CT molecular complexity index is 571. The summed E-state index contributed by atoms with van der Waals surface area (Å²) in [6.45, 7) is 3.45. The van der Waals surface area contributed by atoms with Crippen molar-refractivity contribution in [3.63, 3.8) is 0 Å².